The van der Waals surface area contributed by atoms with Crippen LogP contribution in [0.2, 0.25) is 5.02 Å². The van der Waals surface area contributed by atoms with E-state index in [9.17, 15) is 19.7 Å². The first-order chi connectivity index (χ1) is 11.5. The Bertz CT molecular complexity index is 748. The van der Waals surface area contributed by atoms with Gasteiger partial charge in [0.25, 0.3) is 11.6 Å². The molecular formula is C15H13ClN2O5S. The number of esters is 1. The molecular weight excluding hydrogens is 356 g/mol. The van der Waals surface area contributed by atoms with E-state index in [1.807, 2.05) is 17.5 Å². The molecule has 0 fully saturated rings. The van der Waals surface area contributed by atoms with Crippen molar-refractivity contribution in [3.63, 3.8) is 0 Å². The van der Waals surface area contributed by atoms with Crippen LogP contribution in [-0.4, -0.2) is 30.0 Å². The van der Waals surface area contributed by atoms with Crippen molar-refractivity contribution in [3.05, 3.63) is 61.3 Å². The maximum atomic E-state index is 11.9. The Morgan fingerprint density at radius 2 is 2.12 bits per heavy atom. The maximum Gasteiger partial charge on any atom is 0.340 e. The van der Waals surface area contributed by atoms with E-state index in [2.05, 4.69) is 5.32 Å². The van der Waals surface area contributed by atoms with Gasteiger partial charge in [0, 0.05) is 23.6 Å². The average Bonchev–Trinajstić information content (AvgIpc) is 3.06. The number of nitrogens with zero attached hydrogens (tertiary/aromatic N) is 1. The molecule has 1 heterocycles. The third-order valence-electron chi connectivity index (χ3n) is 2.99. The number of non-ortho nitro benzene ring substituents is 1. The van der Waals surface area contributed by atoms with Gasteiger partial charge < -0.3 is 10.1 Å². The number of halogens is 1. The lowest BCUT2D eigenvalue weighted by Gasteiger charge is -2.07. The molecule has 0 saturated carbocycles. The summed E-state index contributed by atoms with van der Waals surface area (Å²) in [5, 5.41) is 15.3. The van der Waals surface area contributed by atoms with Gasteiger partial charge >= 0.3 is 5.97 Å². The van der Waals surface area contributed by atoms with Crippen LogP contribution in [0.5, 0.6) is 0 Å². The van der Waals surface area contributed by atoms with Crippen LogP contribution in [0.1, 0.15) is 15.2 Å². The van der Waals surface area contributed by atoms with Gasteiger partial charge in [-0.3, -0.25) is 14.9 Å². The van der Waals surface area contributed by atoms with E-state index in [0.29, 0.717) is 13.0 Å². The average molecular weight is 369 g/mol. The van der Waals surface area contributed by atoms with E-state index in [0.717, 1.165) is 10.9 Å². The summed E-state index contributed by atoms with van der Waals surface area (Å²) in [6.45, 7) is -0.0588. The summed E-state index contributed by atoms with van der Waals surface area (Å²) in [5.74, 6) is -1.35. The minimum absolute atomic E-state index is 0.0173. The lowest BCUT2D eigenvalue weighted by atomic mass is 10.2. The second-order valence-electron chi connectivity index (χ2n) is 4.68. The number of thiophene rings is 1. The van der Waals surface area contributed by atoms with Gasteiger partial charge in [-0.15, -0.1) is 11.3 Å². The zero-order valence-electron chi connectivity index (χ0n) is 12.4. The highest BCUT2D eigenvalue weighted by atomic mass is 35.5. The number of amides is 1. The molecule has 0 aliphatic heterocycles. The van der Waals surface area contributed by atoms with Crippen molar-refractivity contribution >= 4 is 40.5 Å². The molecule has 2 aromatic rings. The molecule has 0 saturated heterocycles. The number of carbonyl (C=O) groups is 2. The molecule has 2 rings (SSSR count). The molecule has 0 spiro atoms. The summed E-state index contributed by atoms with van der Waals surface area (Å²) < 4.78 is 4.84. The van der Waals surface area contributed by atoms with Crippen LogP contribution in [0.15, 0.2) is 35.7 Å². The largest absolute Gasteiger partial charge is 0.452 e. The van der Waals surface area contributed by atoms with Gasteiger partial charge in [-0.05, 0) is 23.9 Å². The van der Waals surface area contributed by atoms with Crippen LogP contribution in [-0.2, 0) is 16.0 Å². The number of nitrogens with one attached hydrogen (secondary N) is 1. The molecule has 0 unspecified atom stereocenters. The van der Waals surface area contributed by atoms with Gasteiger partial charge in [0.05, 0.1) is 15.5 Å². The molecule has 0 aliphatic carbocycles. The Hall–Kier alpha value is -2.45. The van der Waals surface area contributed by atoms with Crippen molar-refractivity contribution < 1.29 is 19.2 Å². The summed E-state index contributed by atoms with van der Waals surface area (Å²) in [4.78, 5) is 34.7. The molecule has 1 amide bonds. The first-order valence-electron chi connectivity index (χ1n) is 6.87. The van der Waals surface area contributed by atoms with Crippen molar-refractivity contribution in [1.82, 2.24) is 5.32 Å². The Morgan fingerprint density at radius 1 is 1.33 bits per heavy atom. The Labute approximate surface area is 146 Å². The van der Waals surface area contributed by atoms with E-state index in [1.165, 1.54) is 12.1 Å². The monoisotopic (exact) mass is 368 g/mol. The van der Waals surface area contributed by atoms with Crippen LogP contribution in [0.4, 0.5) is 5.69 Å². The number of rotatable bonds is 7. The highest BCUT2D eigenvalue weighted by molar-refractivity contribution is 7.09. The lowest BCUT2D eigenvalue weighted by molar-refractivity contribution is -0.384. The standard InChI is InChI=1S/C15H13ClN2O5S/c16-13-4-3-10(18(21)22)8-12(13)15(20)23-9-14(19)17-6-5-11-2-1-7-24-11/h1-4,7-8H,5-6,9H2,(H,17,19). The molecule has 0 aliphatic rings. The zero-order valence-corrected chi connectivity index (χ0v) is 13.9. The molecule has 126 valence electrons. The van der Waals surface area contributed by atoms with Gasteiger partial charge in [0.15, 0.2) is 6.61 Å². The van der Waals surface area contributed by atoms with E-state index < -0.39 is 23.4 Å². The number of nitro benzene ring substituents is 1. The van der Waals surface area contributed by atoms with E-state index >= 15 is 0 Å². The Kier molecular flexibility index (Phi) is 6.28. The summed E-state index contributed by atoms with van der Waals surface area (Å²) in [6.07, 6.45) is 0.689. The SMILES string of the molecule is O=C(COC(=O)c1cc([N+](=O)[O-])ccc1Cl)NCCc1cccs1. The predicted octanol–water partition coefficient (Wildman–Crippen LogP) is 2.83. The van der Waals surface area contributed by atoms with Gasteiger partial charge in [-0.25, -0.2) is 4.79 Å². The van der Waals surface area contributed by atoms with Crippen molar-refractivity contribution in [2.75, 3.05) is 13.2 Å². The van der Waals surface area contributed by atoms with Crippen LogP contribution >= 0.6 is 22.9 Å². The summed E-state index contributed by atoms with van der Waals surface area (Å²) >= 11 is 7.42. The van der Waals surface area contributed by atoms with Crippen LogP contribution < -0.4 is 5.32 Å². The van der Waals surface area contributed by atoms with Gasteiger partial charge in [0.1, 0.15) is 0 Å². The van der Waals surface area contributed by atoms with Crippen LogP contribution in [0.25, 0.3) is 0 Å². The molecule has 7 nitrogen and oxygen atoms in total. The molecule has 0 radical (unpaired) electrons. The first-order valence-corrected chi connectivity index (χ1v) is 8.13. The minimum Gasteiger partial charge on any atom is -0.452 e. The first kappa shape index (κ1) is 17.9. The molecule has 1 aromatic carbocycles. The van der Waals surface area contributed by atoms with E-state index in [1.54, 1.807) is 11.3 Å². The van der Waals surface area contributed by atoms with Crippen LogP contribution in [0, 0.1) is 10.1 Å². The smallest absolute Gasteiger partial charge is 0.340 e. The molecule has 1 N–H and O–H groups in total. The number of nitro groups is 1. The highest BCUT2D eigenvalue weighted by Crippen LogP contribution is 2.22. The van der Waals surface area contributed by atoms with Gasteiger partial charge in [-0.2, -0.15) is 0 Å². The molecule has 1 aromatic heterocycles. The normalized spacial score (nSPS) is 10.2. The number of carbonyl (C=O) groups excluding carboxylic acids is 2. The fourth-order valence-corrected chi connectivity index (χ4v) is 2.73. The lowest BCUT2D eigenvalue weighted by Crippen LogP contribution is -2.30. The minimum atomic E-state index is -0.892. The molecule has 0 atom stereocenters. The summed E-state index contributed by atoms with van der Waals surface area (Å²) in [5.41, 5.74) is -0.441. The third kappa shape index (κ3) is 5.04. The predicted molar refractivity (Wildman–Crippen MR) is 89.4 cm³/mol. The molecule has 24 heavy (non-hydrogen) atoms. The quantitative estimate of drug-likeness (QED) is 0.460. The number of hydrogen-bond donors (Lipinski definition) is 1. The number of hydrogen-bond acceptors (Lipinski definition) is 6. The number of ether oxygens (including phenoxy) is 1. The summed E-state index contributed by atoms with van der Waals surface area (Å²) in [7, 11) is 0. The van der Waals surface area contributed by atoms with Crippen molar-refractivity contribution in [2.24, 2.45) is 0 Å². The third-order valence-corrected chi connectivity index (χ3v) is 4.25. The zero-order chi connectivity index (χ0) is 17.5. The highest BCUT2D eigenvalue weighted by Gasteiger charge is 2.18. The molecule has 9 heteroatoms. The Balaban J connectivity index is 1.83. The van der Waals surface area contributed by atoms with E-state index in [-0.39, 0.29) is 16.3 Å². The van der Waals surface area contributed by atoms with Gasteiger partial charge in [-0.1, -0.05) is 17.7 Å². The van der Waals surface area contributed by atoms with Crippen molar-refractivity contribution in [1.29, 1.82) is 0 Å². The van der Waals surface area contributed by atoms with Crippen LogP contribution in [0.3, 0.4) is 0 Å². The molecule has 0 bridgehead atoms. The Morgan fingerprint density at radius 3 is 2.79 bits per heavy atom. The maximum absolute atomic E-state index is 11.9. The summed E-state index contributed by atoms with van der Waals surface area (Å²) in [6, 6.07) is 7.31. The van der Waals surface area contributed by atoms with Gasteiger partial charge in [0.2, 0.25) is 0 Å². The van der Waals surface area contributed by atoms with E-state index in [4.69, 9.17) is 16.3 Å². The second-order valence-corrected chi connectivity index (χ2v) is 6.12. The second kappa shape index (κ2) is 8.42. The fourth-order valence-electron chi connectivity index (χ4n) is 1.82. The van der Waals surface area contributed by atoms with Crippen molar-refractivity contribution in [2.45, 2.75) is 6.42 Å². The fraction of sp³-hybridized carbons (Fsp3) is 0.200. The topological polar surface area (TPSA) is 98.5 Å². The van der Waals surface area contributed by atoms with Crippen molar-refractivity contribution in [3.8, 4) is 0 Å². The number of benzene rings is 1.